The van der Waals surface area contributed by atoms with Crippen LogP contribution in [0.5, 0.6) is 0 Å². The van der Waals surface area contributed by atoms with E-state index in [-0.39, 0.29) is 17.4 Å². The number of hydrogen-bond acceptors (Lipinski definition) is 5. The van der Waals surface area contributed by atoms with Gasteiger partial charge in [-0.3, -0.25) is 9.89 Å². The maximum atomic E-state index is 13.4. The molecule has 4 aromatic rings. The van der Waals surface area contributed by atoms with Crippen LogP contribution in [0.15, 0.2) is 72.8 Å². The van der Waals surface area contributed by atoms with Crippen LogP contribution in [0.2, 0.25) is 0 Å². The molecule has 44 heavy (non-hydrogen) atoms. The second-order valence-electron chi connectivity index (χ2n) is 13.3. The fraction of sp³-hybridized carbons (Fsp3) is 0.459. The largest absolute Gasteiger partial charge is 0.393 e. The van der Waals surface area contributed by atoms with Crippen LogP contribution in [0.25, 0.3) is 22.2 Å². The minimum absolute atomic E-state index is 0.0721. The van der Waals surface area contributed by atoms with Crippen molar-refractivity contribution in [2.45, 2.75) is 56.5 Å². The van der Waals surface area contributed by atoms with E-state index in [0.29, 0.717) is 43.1 Å². The molecule has 1 aliphatic carbocycles. The first-order valence-electron chi connectivity index (χ1n) is 16.3. The van der Waals surface area contributed by atoms with Gasteiger partial charge in [-0.1, -0.05) is 54.6 Å². The SMILES string of the molecule is O=C(NCC1(c2ccccc2)CCOCC1)c1ccc2[nH]nc(-c3ccc(CCC4CC5COCC4CC(O)C5)cc3)c2c1. The van der Waals surface area contributed by atoms with Crippen LogP contribution in [-0.2, 0) is 21.3 Å². The molecule has 0 spiro atoms. The van der Waals surface area contributed by atoms with Gasteiger partial charge in [-0.25, -0.2) is 0 Å². The van der Waals surface area contributed by atoms with E-state index >= 15 is 0 Å². The molecule has 2 saturated heterocycles. The summed E-state index contributed by atoms with van der Waals surface area (Å²) >= 11 is 0. The van der Waals surface area contributed by atoms with Crippen LogP contribution in [0.3, 0.4) is 0 Å². The molecule has 1 aromatic heterocycles. The lowest BCUT2D eigenvalue weighted by Gasteiger charge is -2.38. The zero-order valence-corrected chi connectivity index (χ0v) is 25.3. The van der Waals surface area contributed by atoms with Crippen molar-refractivity contribution in [1.29, 1.82) is 0 Å². The molecule has 7 heteroatoms. The third kappa shape index (κ3) is 6.19. The number of nitrogens with zero attached hydrogens (tertiary/aromatic N) is 1. The van der Waals surface area contributed by atoms with Gasteiger partial charge in [0.2, 0.25) is 0 Å². The number of ether oxygens (including phenoxy) is 2. The lowest BCUT2D eigenvalue weighted by atomic mass is 9.74. The number of aromatic amines is 1. The van der Waals surface area contributed by atoms with Crippen molar-refractivity contribution in [2.24, 2.45) is 17.8 Å². The predicted molar refractivity (Wildman–Crippen MR) is 172 cm³/mol. The highest BCUT2D eigenvalue weighted by molar-refractivity contribution is 6.01. The number of hydrogen-bond donors (Lipinski definition) is 3. The number of aliphatic hydroxyl groups is 1. The summed E-state index contributed by atoms with van der Waals surface area (Å²) in [6.45, 7) is 3.56. The van der Waals surface area contributed by atoms with Gasteiger partial charge in [-0.2, -0.15) is 5.10 Å². The van der Waals surface area contributed by atoms with Gasteiger partial charge in [0.1, 0.15) is 0 Å². The highest BCUT2D eigenvalue weighted by Gasteiger charge is 2.36. The third-order valence-electron chi connectivity index (χ3n) is 10.4. The summed E-state index contributed by atoms with van der Waals surface area (Å²) in [6, 6.07) is 25.0. The van der Waals surface area contributed by atoms with Crippen LogP contribution in [0, 0.1) is 17.8 Å². The van der Waals surface area contributed by atoms with Crippen molar-refractivity contribution in [2.75, 3.05) is 33.0 Å². The van der Waals surface area contributed by atoms with Crippen molar-refractivity contribution < 1.29 is 19.4 Å². The average molecular weight is 594 g/mol. The fourth-order valence-electron chi connectivity index (χ4n) is 7.85. The summed E-state index contributed by atoms with van der Waals surface area (Å²) in [5, 5.41) is 22.4. The van der Waals surface area contributed by atoms with E-state index in [1.165, 1.54) is 11.1 Å². The molecule has 4 atom stereocenters. The molecule has 4 unspecified atom stereocenters. The number of rotatable bonds is 8. The van der Waals surface area contributed by atoms with Crippen LogP contribution in [0.1, 0.15) is 60.0 Å². The first kappa shape index (κ1) is 29.2. The van der Waals surface area contributed by atoms with Gasteiger partial charge in [0.15, 0.2) is 0 Å². The van der Waals surface area contributed by atoms with Crippen LogP contribution in [-0.4, -0.2) is 60.3 Å². The predicted octanol–water partition coefficient (Wildman–Crippen LogP) is 6.06. The van der Waals surface area contributed by atoms with Crippen molar-refractivity contribution in [3.05, 3.63) is 89.5 Å². The van der Waals surface area contributed by atoms with E-state index in [1.807, 2.05) is 24.3 Å². The molecule has 3 aromatic carbocycles. The topological polar surface area (TPSA) is 96.5 Å². The number of fused-ring (bicyclic) bond motifs is 4. The Morgan fingerprint density at radius 2 is 1.77 bits per heavy atom. The number of H-pyrrole nitrogens is 1. The second-order valence-corrected chi connectivity index (χ2v) is 13.3. The molecule has 2 bridgehead atoms. The van der Waals surface area contributed by atoms with Crippen molar-refractivity contribution in [3.63, 3.8) is 0 Å². The first-order valence-corrected chi connectivity index (χ1v) is 16.3. The minimum Gasteiger partial charge on any atom is -0.393 e. The molecule has 1 saturated carbocycles. The summed E-state index contributed by atoms with van der Waals surface area (Å²) in [5.41, 5.74) is 5.88. The van der Waals surface area contributed by atoms with Gasteiger partial charge in [-0.15, -0.1) is 0 Å². The van der Waals surface area contributed by atoms with Gasteiger partial charge in [0.05, 0.1) is 17.3 Å². The van der Waals surface area contributed by atoms with Crippen LogP contribution >= 0.6 is 0 Å². The Morgan fingerprint density at radius 1 is 0.955 bits per heavy atom. The summed E-state index contributed by atoms with van der Waals surface area (Å²) in [4.78, 5) is 13.4. The molecular formula is C37H43N3O4. The van der Waals surface area contributed by atoms with Crippen LogP contribution < -0.4 is 5.32 Å². The van der Waals surface area contributed by atoms with E-state index < -0.39 is 0 Å². The lowest BCUT2D eigenvalue weighted by molar-refractivity contribution is 0.0240. The number of amides is 1. The Balaban J connectivity index is 1.03. The Morgan fingerprint density at radius 3 is 2.59 bits per heavy atom. The Hall–Kier alpha value is -3.52. The normalized spacial score (nSPS) is 24.9. The van der Waals surface area contributed by atoms with E-state index in [1.54, 1.807) is 0 Å². The zero-order valence-electron chi connectivity index (χ0n) is 25.3. The summed E-state index contributed by atoms with van der Waals surface area (Å²) in [7, 11) is 0. The minimum atomic E-state index is -0.175. The number of benzene rings is 3. The van der Waals surface area contributed by atoms with Crippen molar-refractivity contribution in [1.82, 2.24) is 15.5 Å². The highest BCUT2D eigenvalue weighted by Crippen LogP contribution is 2.39. The standard InChI is InChI=1S/C37H43N3O4/c41-32-19-26-18-28(30(20-32)23-44-22-26)11-8-25-6-9-27(10-7-25)35-33-21-29(12-13-34(33)39-40-35)36(42)38-24-37(14-16-43-17-15-37)31-4-2-1-3-5-31/h1-7,9-10,12-13,21,26,28,30,32,41H,8,11,14-20,22-24H2,(H,38,42)(H,39,40). The quantitative estimate of drug-likeness (QED) is 0.231. The number of carbonyl (C=O) groups is 1. The zero-order chi connectivity index (χ0) is 29.9. The van der Waals surface area contributed by atoms with Gasteiger partial charge in [0.25, 0.3) is 5.91 Å². The smallest absolute Gasteiger partial charge is 0.251 e. The Bertz CT molecular complexity index is 1560. The fourth-order valence-corrected chi connectivity index (χ4v) is 7.85. The second kappa shape index (κ2) is 12.8. The average Bonchev–Trinajstić information content (AvgIpc) is 3.31. The van der Waals surface area contributed by atoms with Crippen molar-refractivity contribution in [3.8, 4) is 11.3 Å². The maximum absolute atomic E-state index is 13.4. The lowest BCUT2D eigenvalue weighted by Crippen LogP contribution is -2.44. The monoisotopic (exact) mass is 593 g/mol. The Kier molecular flexibility index (Phi) is 8.52. The molecule has 230 valence electrons. The molecule has 2 aliphatic heterocycles. The maximum Gasteiger partial charge on any atom is 0.251 e. The number of carbonyl (C=O) groups excluding carboxylic acids is 1. The number of aliphatic hydroxyl groups excluding tert-OH is 1. The molecule has 3 aliphatic rings. The first-order chi connectivity index (χ1) is 21.6. The molecular weight excluding hydrogens is 550 g/mol. The van der Waals surface area contributed by atoms with Gasteiger partial charge in [0, 0.05) is 54.9 Å². The molecule has 3 heterocycles. The summed E-state index contributed by atoms with van der Waals surface area (Å²) in [5.74, 6) is 1.47. The van der Waals surface area contributed by atoms with E-state index in [9.17, 15) is 9.90 Å². The van der Waals surface area contributed by atoms with Gasteiger partial charge < -0.3 is 19.9 Å². The molecule has 1 amide bonds. The number of aromatic nitrogens is 2. The third-order valence-corrected chi connectivity index (χ3v) is 10.4. The Labute approximate surface area is 259 Å². The molecule has 7 nitrogen and oxygen atoms in total. The van der Waals surface area contributed by atoms with Crippen molar-refractivity contribution >= 4 is 16.8 Å². The number of aryl methyl sites for hydroxylation is 1. The van der Waals surface area contributed by atoms with Gasteiger partial charge in [-0.05, 0) is 92.0 Å². The van der Waals surface area contributed by atoms with E-state index in [0.717, 1.165) is 80.3 Å². The van der Waals surface area contributed by atoms with Gasteiger partial charge >= 0.3 is 0 Å². The molecule has 3 N–H and O–H groups in total. The van der Waals surface area contributed by atoms with E-state index in [4.69, 9.17) is 9.47 Å². The molecule has 3 fully saturated rings. The number of nitrogens with one attached hydrogen (secondary N) is 2. The molecule has 7 rings (SSSR count). The van der Waals surface area contributed by atoms with Crippen LogP contribution in [0.4, 0.5) is 0 Å². The summed E-state index contributed by atoms with van der Waals surface area (Å²) < 4.78 is 11.6. The molecule has 0 radical (unpaired) electrons. The highest BCUT2D eigenvalue weighted by atomic mass is 16.5. The van der Waals surface area contributed by atoms with E-state index in [2.05, 4.69) is 64.0 Å². The summed E-state index contributed by atoms with van der Waals surface area (Å²) in [6.07, 6.45) is 6.66.